The highest BCUT2D eigenvalue weighted by Crippen LogP contribution is 1.91. The van der Waals surface area contributed by atoms with Crippen molar-refractivity contribution in [3.05, 3.63) is 18.0 Å². The van der Waals surface area contributed by atoms with Gasteiger partial charge in [-0.1, -0.05) is 19.0 Å². The van der Waals surface area contributed by atoms with Crippen molar-refractivity contribution in [3.63, 3.8) is 0 Å². The van der Waals surface area contributed by atoms with E-state index >= 15 is 0 Å². The monoisotopic (exact) mass is 184 g/mol. The summed E-state index contributed by atoms with van der Waals surface area (Å²) in [5, 5.41) is 6.58. The second kappa shape index (κ2) is 7.49. The first-order valence-electron chi connectivity index (χ1n) is 4.38. The SMILES string of the molecule is CC.CC(=O)CNCc1ccon1. The summed E-state index contributed by atoms with van der Waals surface area (Å²) < 4.78 is 4.60. The molecule has 0 amide bonds. The van der Waals surface area contributed by atoms with Crippen LogP contribution in [0.2, 0.25) is 0 Å². The molecule has 0 fully saturated rings. The van der Waals surface area contributed by atoms with E-state index < -0.39 is 0 Å². The van der Waals surface area contributed by atoms with E-state index in [1.54, 1.807) is 6.07 Å². The van der Waals surface area contributed by atoms with Crippen LogP contribution in [0.5, 0.6) is 0 Å². The molecule has 4 heteroatoms. The lowest BCUT2D eigenvalue weighted by Crippen LogP contribution is -2.20. The van der Waals surface area contributed by atoms with Gasteiger partial charge in [0.1, 0.15) is 12.0 Å². The van der Waals surface area contributed by atoms with Crippen LogP contribution in [0.15, 0.2) is 16.9 Å². The van der Waals surface area contributed by atoms with Crippen LogP contribution in [0.1, 0.15) is 26.5 Å². The van der Waals surface area contributed by atoms with Crippen LogP contribution in [0.4, 0.5) is 0 Å². The molecule has 0 saturated heterocycles. The van der Waals surface area contributed by atoms with Crippen LogP contribution in [-0.2, 0) is 11.3 Å². The van der Waals surface area contributed by atoms with Crippen molar-refractivity contribution in [3.8, 4) is 0 Å². The smallest absolute Gasteiger partial charge is 0.143 e. The van der Waals surface area contributed by atoms with Crippen LogP contribution >= 0.6 is 0 Å². The molecular weight excluding hydrogens is 168 g/mol. The summed E-state index contributed by atoms with van der Waals surface area (Å²) in [6, 6.07) is 1.76. The van der Waals surface area contributed by atoms with Crippen LogP contribution < -0.4 is 5.32 Å². The Morgan fingerprint density at radius 1 is 1.62 bits per heavy atom. The summed E-state index contributed by atoms with van der Waals surface area (Å²) in [5.41, 5.74) is 0.811. The molecule has 0 saturated carbocycles. The standard InChI is InChI=1S/C7H10N2O2.C2H6/c1-6(10)4-8-5-7-2-3-11-9-7;1-2/h2-3,8H,4-5H2,1H3;1-2H3. The predicted octanol–water partition coefficient (Wildman–Crippen LogP) is 1.38. The Bertz CT molecular complexity index is 220. The van der Waals surface area contributed by atoms with Gasteiger partial charge in [-0.05, 0) is 6.92 Å². The largest absolute Gasteiger partial charge is 0.364 e. The number of carbonyl (C=O) groups excluding carboxylic acids is 1. The fourth-order valence-corrected chi connectivity index (χ4v) is 0.695. The summed E-state index contributed by atoms with van der Waals surface area (Å²) >= 11 is 0. The third kappa shape index (κ3) is 6.04. The maximum atomic E-state index is 10.5. The predicted molar refractivity (Wildman–Crippen MR) is 50.2 cm³/mol. The first-order valence-corrected chi connectivity index (χ1v) is 4.38. The van der Waals surface area contributed by atoms with E-state index in [9.17, 15) is 4.79 Å². The molecule has 1 N–H and O–H groups in total. The zero-order valence-electron chi connectivity index (χ0n) is 8.33. The molecule has 13 heavy (non-hydrogen) atoms. The molecular formula is C9H16N2O2. The fraction of sp³-hybridized carbons (Fsp3) is 0.556. The van der Waals surface area contributed by atoms with Crippen LogP contribution in [0, 0.1) is 0 Å². The summed E-state index contributed by atoms with van der Waals surface area (Å²) in [6.07, 6.45) is 1.50. The molecule has 0 atom stereocenters. The van der Waals surface area contributed by atoms with Crippen molar-refractivity contribution < 1.29 is 9.32 Å². The average Bonchev–Trinajstić information content (AvgIpc) is 2.60. The van der Waals surface area contributed by atoms with Gasteiger partial charge in [-0.2, -0.15) is 0 Å². The number of rotatable bonds is 4. The van der Waals surface area contributed by atoms with Crippen molar-refractivity contribution in [2.45, 2.75) is 27.3 Å². The maximum absolute atomic E-state index is 10.5. The van der Waals surface area contributed by atoms with E-state index in [0.29, 0.717) is 13.1 Å². The van der Waals surface area contributed by atoms with Crippen molar-refractivity contribution in [2.24, 2.45) is 0 Å². The van der Waals surface area contributed by atoms with Crippen molar-refractivity contribution in [2.75, 3.05) is 6.54 Å². The molecule has 0 spiro atoms. The molecule has 1 aromatic heterocycles. The van der Waals surface area contributed by atoms with E-state index in [1.165, 1.54) is 13.2 Å². The lowest BCUT2D eigenvalue weighted by Gasteiger charge is -1.95. The molecule has 0 aromatic carbocycles. The van der Waals surface area contributed by atoms with E-state index in [2.05, 4.69) is 15.0 Å². The molecule has 0 aliphatic carbocycles. The Balaban J connectivity index is 0.000000671. The van der Waals surface area contributed by atoms with Gasteiger partial charge < -0.3 is 9.84 Å². The molecule has 4 nitrogen and oxygen atoms in total. The molecule has 1 heterocycles. The van der Waals surface area contributed by atoms with Gasteiger partial charge in [0.25, 0.3) is 0 Å². The first-order chi connectivity index (χ1) is 6.29. The normalized spacial score (nSPS) is 8.85. The number of aromatic nitrogens is 1. The number of ketones is 1. The summed E-state index contributed by atoms with van der Waals surface area (Å²) in [6.45, 7) is 6.50. The zero-order chi connectivity index (χ0) is 10.1. The quantitative estimate of drug-likeness (QED) is 0.768. The molecule has 0 radical (unpaired) electrons. The minimum Gasteiger partial charge on any atom is -0.364 e. The summed E-state index contributed by atoms with van der Waals surface area (Å²) in [5.74, 6) is 0.119. The van der Waals surface area contributed by atoms with Gasteiger partial charge in [-0.3, -0.25) is 4.79 Å². The number of nitrogens with one attached hydrogen (secondary N) is 1. The third-order valence-electron chi connectivity index (χ3n) is 1.17. The zero-order valence-corrected chi connectivity index (χ0v) is 8.33. The highest BCUT2D eigenvalue weighted by molar-refractivity contribution is 5.77. The van der Waals surface area contributed by atoms with Gasteiger partial charge in [0.05, 0.1) is 12.2 Å². The Morgan fingerprint density at radius 3 is 2.77 bits per heavy atom. The summed E-state index contributed by atoms with van der Waals surface area (Å²) in [4.78, 5) is 10.5. The molecule has 0 aliphatic rings. The first kappa shape index (κ1) is 11.8. The topological polar surface area (TPSA) is 55.1 Å². The van der Waals surface area contributed by atoms with Crippen molar-refractivity contribution >= 4 is 5.78 Å². The van der Waals surface area contributed by atoms with Crippen molar-refractivity contribution in [1.29, 1.82) is 0 Å². The average molecular weight is 184 g/mol. The molecule has 74 valence electrons. The number of carbonyl (C=O) groups is 1. The number of nitrogens with zero attached hydrogens (tertiary/aromatic N) is 1. The molecule has 0 aliphatic heterocycles. The third-order valence-corrected chi connectivity index (χ3v) is 1.17. The lowest BCUT2D eigenvalue weighted by atomic mass is 10.4. The van der Waals surface area contributed by atoms with E-state index in [0.717, 1.165) is 5.69 Å². The molecule has 1 rings (SSSR count). The Labute approximate surface area is 78.3 Å². The minimum atomic E-state index is 0.119. The molecule has 0 bridgehead atoms. The van der Waals surface area contributed by atoms with Gasteiger partial charge in [0.2, 0.25) is 0 Å². The fourth-order valence-electron chi connectivity index (χ4n) is 0.695. The van der Waals surface area contributed by atoms with Crippen molar-refractivity contribution in [1.82, 2.24) is 10.5 Å². The van der Waals surface area contributed by atoms with Crippen LogP contribution in [-0.4, -0.2) is 17.5 Å². The summed E-state index contributed by atoms with van der Waals surface area (Å²) in [7, 11) is 0. The van der Waals surface area contributed by atoms with E-state index in [1.807, 2.05) is 13.8 Å². The van der Waals surface area contributed by atoms with E-state index in [-0.39, 0.29) is 5.78 Å². The van der Waals surface area contributed by atoms with Gasteiger partial charge in [0.15, 0.2) is 0 Å². The molecule has 0 unspecified atom stereocenters. The second-order valence-corrected chi connectivity index (χ2v) is 2.30. The Hall–Kier alpha value is -1.16. The Morgan fingerprint density at radius 2 is 2.31 bits per heavy atom. The van der Waals surface area contributed by atoms with Gasteiger partial charge in [0, 0.05) is 12.6 Å². The van der Waals surface area contributed by atoms with E-state index in [4.69, 9.17) is 0 Å². The van der Waals surface area contributed by atoms with Gasteiger partial charge in [-0.15, -0.1) is 0 Å². The number of hydrogen-bond donors (Lipinski definition) is 1. The second-order valence-electron chi connectivity index (χ2n) is 2.30. The number of hydrogen-bond acceptors (Lipinski definition) is 4. The highest BCUT2D eigenvalue weighted by atomic mass is 16.5. The highest BCUT2D eigenvalue weighted by Gasteiger charge is 1.95. The lowest BCUT2D eigenvalue weighted by molar-refractivity contribution is -0.116. The van der Waals surface area contributed by atoms with Gasteiger partial charge in [-0.25, -0.2) is 0 Å². The number of Topliss-reactive ketones (excluding diaryl/α,β-unsaturated/α-hetero) is 1. The Kier molecular flexibility index (Phi) is 6.82. The maximum Gasteiger partial charge on any atom is 0.143 e. The van der Waals surface area contributed by atoms with Crippen LogP contribution in [0.25, 0.3) is 0 Å². The van der Waals surface area contributed by atoms with Crippen LogP contribution in [0.3, 0.4) is 0 Å². The van der Waals surface area contributed by atoms with Gasteiger partial charge >= 0.3 is 0 Å². The minimum absolute atomic E-state index is 0.119. The molecule has 1 aromatic rings.